The van der Waals surface area contributed by atoms with Crippen LogP contribution in [0.1, 0.15) is 28.7 Å². The Morgan fingerprint density at radius 3 is 2.54 bits per heavy atom. The first-order chi connectivity index (χ1) is 13.5. The van der Waals surface area contributed by atoms with Crippen LogP contribution in [0.25, 0.3) is 5.76 Å². The monoisotopic (exact) mass is 381 g/mol. The summed E-state index contributed by atoms with van der Waals surface area (Å²) in [6.07, 6.45) is 2.89. The first-order valence-electron chi connectivity index (χ1n) is 8.58. The molecule has 0 saturated carbocycles. The first-order valence-corrected chi connectivity index (χ1v) is 8.58. The average molecular weight is 381 g/mol. The van der Waals surface area contributed by atoms with E-state index >= 15 is 0 Å². The average Bonchev–Trinajstić information content (AvgIpc) is 3.42. The van der Waals surface area contributed by atoms with Gasteiger partial charge < -0.3 is 18.8 Å². The summed E-state index contributed by atoms with van der Waals surface area (Å²) < 4.78 is 24.3. The maximum Gasteiger partial charge on any atom is 0.296 e. The highest BCUT2D eigenvalue weighted by molar-refractivity contribution is 6.46. The minimum Gasteiger partial charge on any atom is -0.507 e. The molecule has 3 aromatic rings. The molecule has 1 atom stereocenters. The number of hydrogen-bond donors (Lipinski definition) is 1. The van der Waals surface area contributed by atoms with Crippen molar-refractivity contribution in [1.82, 2.24) is 4.90 Å². The quantitative estimate of drug-likeness (QED) is 0.420. The lowest BCUT2D eigenvalue weighted by atomic mass is 9.98. The van der Waals surface area contributed by atoms with Crippen molar-refractivity contribution in [3.63, 3.8) is 0 Å². The summed E-state index contributed by atoms with van der Waals surface area (Å²) in [4.78, 5) is 26.7. The number of Topliss-reactive ketones (excluding diaryl/α,β-unsaturated/α-hetero) is 1. The Hall–Kier alpha value is -3.61. The van der Waals surface area contributed by atoms with Crippen molar-refractivity contribution in [2.45, 2.75) is 19.5 Å². The van der Waals surface area contributed by atoms with Gasteiger partial charge in [-0.15, -0.1) is 0 Å². The molecule has 1 aromatic carbocycles. The highest BCUT2D eigenvalue weighted by atomic mass is 19.1. The third-order valence-electron chi connectivity index (χ3n) is 4.69. The summed E-state index contributed by atoms with van der Waals surface area (Å²) in [5.41, 5.74) is 0.437. The SMILES string of the molecule is Cc1cc(/C(O)=C2/C(=O)C(=O)N(Cc3ccco3)C2c2ccco2)ccc1F. The third kappa shape index (κ3) is 2.90. The molecule has 142 valence electrons. The fraction of sp³-hybridized carbons (Fsp3) is 0.143. The largest absolute Gasteiger partial charge is 0.507 e. The lowest BCUT2D eigenvalue weighted by molar-refractivity contribution is -0.140. The second-order valence-electron chi connectivity index (χ2n) is 6.49. The van der Waals surface area contributed by atoms with Crippen LogP contribution in [0.4, 0.5) is 4.39 Å². The van der Waals surface area contributed by atoms with Gasteiger partial charge in [-0.2, -0.15) is 0 Å². The topological polar surface area (TPSA) is 83.9 Å². The van der Waals surface area contributed by atoms with Crippen LogP contribution < -0.4 is 0 Å². The number of benzene rings is 1. The molecule has 1 amide bonds. The van der Waals surface area contributed by atoms with Crippen LogP contribution in [0.15, 0.2) is 69.4 Å². The minimum atomic E-state index is -0.926. The fourth-order valence-electron chi connectivity index (χ4n) is 3.30. The maximum atomic E-state index is 13.6. The van der Waals surface area contributed by atoms with Gasteiger partial charge in [-0.3, -0.25) is 9.59 Å². The number of nitrogens with zero attached hydrogens (tertiary/aromatic N) is 1. The van der Waals surface area contributed by atoms with E-state index in [1.54, 1.807) is 31.2 Å². The van der Waals surface area contributed by atoms with Crippen LogP contribution in [0, 0.1) is 12.7 Å². The van der Waals surface area contributed by atoms with E-state index in [-0.39, 0.29) is 23.4 Å². The Kier molecular flexibility index (Phi) is 4.35. The molecule has 4 rings (SSSR count). The molecule has 28 heavy (non-hydrogen) atoms. The number of amides is 1. The van der Waals surface area contributed by atoms with Gasteiger partial charge in [0.2, 0.25) is 0 Å². The molecule has 6 nitrogen and oxygen atoms in total. The highest BCUT2D eigenvalue weighted by Gasteiger charge is 2.47. The van der Waals surface area contributed by atoms with Crippen LogP contribution in [0.5, 0.6) is 0 Å². The number of halogens is 1. The predicted octanol–water partition coefficient (Wildman–Crippen LogP) is 3.94. The summed E-state index contributed by atoms with van der Waals surface area (Å²) >= 11 is 0. The number of rotatable bonds is 4. The van der Waals surface area contributed by atoms with Crippen molar-refractivity contribution < 1.29 is 27.9 Å². The standard InChI is InChI=1S/C21H16FNO5/c1-12-10-13(6-7-15(12)22)19(24)17-18(16-5-3-9-28-16)23(21(26)20(17)25)11-14-4-2-8-27-14/h2-10,18,24H,11H2,1H3/b19-17-. The number of carbonyl (C=O) groups is 2. The number of furan rings is 2. The normalized spacial score (nSPS) is 18.8. The highest BCUT2D eigenvalue weighted by Crippen LogP contribution is 2.40. The molecule has 2 aromatic heterocycles. The molecule has 0 radical (unpaired) electrons. The molecule has 1 fully saturated rings. The van der Waals surface area contributed by atoms with E-state index in [0.717, 1.165) is 0 Å². The second kappa shape index (κ2) is 6.84. The van der Waals surface area contributed by atoms with Crippen molar-refractivity contribution in [2.75, 3.05) is 0 Å². The number of likely N-dealkylation sites (tertiary alicyclic amines) is 1. The Morgan fingerprint density at radius 1 is 1.14 bits per heavy atom. The Bertz CT molecular complexity index is 1070. The molecule has 1 unspecified atom stereocenters. The fourth-order valence-corrected chi connectivity index (χ4v) is 3.30. The maximum absolute atomic E-state index is 13.6. The van der Waals surface area contributed by atoms with Crippen molar-refractivity contribution >= 4 is 17.4 Å². The molecule has 0 aliphatic carbocycles. The van der Waals surface area contributed by atoms with Crippen molar-refractivity contribution in [2.24, 2.45) is 0 Å². The minimum absolute atomic E-state index is 0.0299. The van der Waals surface area contributed by atoms with Gasteiger partial charge in [0.1, 0.15) is 29.1 Å². The van der Waals surface area contributed by atoms with Crippen LogP contribution in [0.2, 0.25) is 0 Å². The van der Waals surface area contributed by atoms with E-state index in [0.29, 0.717) is 17.1 Å². The number of aliphatic hydroxyl groups is 1. The molecular formula is C21H16FNO5. The van der Waals surface area contributed by atoms with Gasteiger partial charge in [-0.25, -0.2) is 4.39 Å². The van der Waals surface area contributed by atoms with E-state index in [1.165, 1.54) is 35.6 Å². The third-order valence-corrected chi connectivity index (χ3v) is 4.69. The zero-order chi connectivity index (χ0) is 19.8. The molecular weight excluding hydrogens is 365 g/mol. The van der Waals surface area contributed by atoms with Crippen LogP contribution in [-0.2, 0) is 16.1 Å². The summed E-state index contributed by atoms with van der Waals surface area (Å²) in [5, 5.41) is 10.8. The lowest BCUT2D eigenvalue weighted by Gasteiger charge is -2.22. The zero-order valence-corrected chi connectivity index (χ0v) is 14.9. The van der Waals surface area contributed by atoms with E-state index in [9.17, 15) is 19.1 Å². The number of carbonyl (C=O) groups excluding carboxylic acids is 2. The summed E-state index contributed by atoms with van der Waals surface area (Å²) in [6, 6.07) is 9.66. The summed E-state index contributed by atoms with van der Waals surface area (Å²) in [7, 11) is 0. The predicted molar refractivity (Wildman–Crippen MR) is 96.4 cm³/mol. The van der Waals surface area contributed by atoms with Gasteiger partial charge in [0.05, 0.1) is 24.6 Å². The van der Waals surface area contributed by atoms with Crippen molar-refractivity contribution in [3.8, 4) is 0 Å². The summed E-state index contributed by atoms with van der Waals surface area (Å²) in [6.45, 7) is 1.58. The van der Waals surface area contributed by atoms with E-state index in [4.69, 9.17) is 8.83 Å². The molecule has 1 N–H and O–H groups in total. The molecule has 0 bridgehead atoms. The number of hydrogen-bond acceptors (Lipinski definition) is 5. The van der Waals surface area contributed by atoms with Gasteiger partial charge in [-0.1, -0.05) is 0 Å². The van der Waals surface area contributed by atoms with E-state index in [1.807, 2.05) is 0 Å². The Morgan fingerprint density at radius 2 is 1.89 bits per heavy atom. The number of aryl methyl sites for hydroxylation is 1. The molecule has 1 aliphatic rings. The summed E-state index contributed by atoms with van der Waals surface area (Å²) in [5.74, 6) is -1.63. The smallest absolute Gasteiger partial charge is 0.296 e. The van der Waals surface area contributed by atoms with Gasteiger partial charge >= 0.3 is 0 Å². The van der Waals surface area contributed by atoms with Gasteiger partial charge in [-0.05, 0) is 55.0 Å². The molecule has 1 saturated heterocycles. The Balaban J connectivity index is 1.85. The van der Waals surface area contributed by atoms with Gasteiger partial charge in [0.15, 0.2) is 0 Å². The molecule has 3 heterocycles. The number of ketones is 1. The zero-order valence-electron chi connectivity index (χ0n) is 14.9. The van der Waals surface area contributed by atoms with Crippen LogP contribution >= 0.6 is 0 Å². The van der Waals surface area contributed by atoms with Gasteiger partial charge in [0.25, 0.3) is 11.7 Å². The van der Waals surface area contributed by atoms with E-state index < -0.39 is 23.5 Å². The van der Waals surface area contributed by atoms with Gasteiger partial charge in [0, 0.05) is 5.56 Å². The van der Waals surface area contributed by atoms with Crippen LogP contribution in [0.3, 0.4) is 0 Å². The second-order valence-corrected chi connectivity index (χ2v) is 6.49. The molecule has 7 heteroatoms. The molecule has 0 spiro atoms. The van der Waals surface area contributed by atoms with Crippen molar-refractivity contribution in [1.29, 1.82) is 0 Å². The molecule has 1 aliphatic heterocycles. The lowest BCUT2D eigenvalue weighted by Crippen LogP contribution is -2.28. The van der Waals surface area contributed by atoms with Crippen molar-refractivity contribution in [3.05, 3.63) is 89.0 Å². The van der Waals surface area contributed by atoms with E-state index in [2.05, 4.69) is 0 Å². The van der Waals surface area contributed by atoms with Crippen LogP contribution in [-0.4, -0.2) is 21.7 Å². The first kappa shape index (κ1) is 17.8. The Labute approximate surface area is 159 Å². The number of aliphatic hydroxyl groups excluding tert-OH is 1.